The van der Waals surface area contributed by atoms with Gasteiger partial charge in [0.1, 0.15) is 0 Å². The van der Waals surface area contributed by atoms with Crippen molar-refractivity contribution in [3.05, 3.63) is 59.2 Å². The van der Waals surface area contributed by atoms with Crippen LogP contribution >= 0.6 is 0 Å². The molecular weight excluding hydrogens is 352 g/mol. The Hall–Kier alpha value is -2.53. The molecule has 4 rings (SSSR count). The van der Waals surface area contributed by atoms with Gasteiger partial charge in [0.25, 0.3) is 0 Å². The number of carbonyl (C=O) groups excluding carboxylic acids is 1. The minimum atomic E-state index is 0.0711. The third kappa shape index (κ3) is 4.47. The van der Waals surface area contributed by atoms with Gasteiger partial charge in [-0.05, 0) is 49.6 Å². The second-order valence-corrected chi connectivity index (χ2v) is 7.65. The van der Waals surface area contributed by atoms with Crippen LogP contribution in [0.5, 0.6) is 11.5 Å². The molecule has 0 aliphatic carbocycles. The zero-order valence-corrected chi connectivity index (χ0v) is 16.4. The Balaban J connectivity index is 1.37. The maximum Gasteiger partial charge on any atom is 0.234 e. The average Bonchev–Trinajstić information content (AvgIpc) is 3.03. The molecule has 1 amide bonds. The largest absolute Gasteiger partial charge is 0.490 e. The van der Waals surface area contributed by atoms with Crippen molar-refractivity contribution in [1.82, 2.24) is 10.2 Å². The van der Waals surface area contributed by atoms with Crippen molar-refractivity contribution in [3.8, 4) is 11.5 Å². The summed E-state index contributed by atoms with van der Waals surface area (Å²) in [7, 11) is 0. The molecule has 2 aromatic carbocycles. The van der Waals surface area contributed by atoms with Crippen LogP contribution < -0.4 is 14.8 Å². The first kappa shape index (κ1) is 18.8. The molecule has 28 heavy (non-hydrogen) atoms. The lowest BCUT2D eigenvalue weighted by Gasteiger charge is -2.25. The van der Waals surface area contributed by atoms with E-state index < -0.39 is 0 Å². The summed E-state index contributed by atoms with van der Waals surface area (Å²) < 4.78 is 11.6. The lowest BCUT2D eigenvalue weighted by molar-refractivity contribution is -0.122. The smallest absolute Gasteiger partial charge is 0.234 e. The number of nitrogens with zero attached hydrogens (tertiary/aromatic N) is 1. The van der Waals surface area contributed by atoms with Crippen molar-refractivity contribution in [1.29, 1.82) is 0 Å². The SMILES string of the molecule is Cc1ccc(CNC(=O)CN2CCC[C@@H]2c2ccc3c(c2)OCCCO3)cc1. The molecule has 1 saturated heterocycles. The normalized spacial score (nSPS) is 19.2. The van der Waals surface area contributed by atoms with E-state index >= 15 is 0 Å². The molecule has 5 nitrogen and oxygen atoms in total. The van der Waals surface area contributed by atoms with Crippen LogP contribution in [0.1, 0.15) is 42.0 Å². The summed E-state index contributed by atoms with van der Waals surface area (Å²) in [6.45, 7) is 5.38. The summed E-state index contributed by atoms with van der Waals surface area (Å²) in [5.74, 6) is 1.72. The van der Waals surface area contributed by atoms with Crippen LogP contribution in [0.15, 0.2) is 42.5 Å². The first-order valence-electron chi connectivity index (χ1n) is 10.1. The quantitative estimate of drug-likeness (QED) is 0.861. The molecule has 1 fully saturated rings. The highest BCUT2D eigenvalue weighted by Gasteiger charge is 2.28. The number of rotatable bonds is 5. The molecule has 0 saturated carbocycles. The lowest BCUT2D eigenvalue weighted by atomic mass is 10.0. The molecule has 0 radical (unpaired) electrons. The number of nitrogens with one attached hydrogen (secondary N) is 1. The highest BCUT2D eigenvalue weighted by molar-refractivity contribution is 5.78. The number of fused-ring (bicyclic) bond motifs is 1. The van der Waals surface area contributed by atoms with Crippen LogP contribution in [-0.2, 0) is 11.3 Å². The van der Waals surface area contributed by atoms with Crippen molar-refractivity contribution < 1.29 is 14.3 Å². The maximum atomic E-state index is 12.5. The number of likely N-dealkylation sites (tertiary alicyclic amines) is 1. The predicted octanol–water partition coefficient (Wildman–Crippen LogP) is 3.61. The highest BCUT2D eigenvalue weighted by Crippen LogP contribution is 2.37. The Labute approximate surface area is 166 Å². The van der Waals surface area contributed by atoms with E-state index in [0.717, 1.165) is 42.9 Å². The zero-order valence-electron chi connectivity index (χ0n) is 16.4. The molecule has 2 aliphatic heterocycles. The van der Waals surface area contributed by atoms with Crippen LogP contribution in [0.4, 0.5) is 0 Å². The third-order valence-corrected chi connectivity index (χ3v) is 5.48. The van der Waals surface area contributed by atoms with Gasteiger partial charge in [-0.3, -0.25) is 9.69 Å². The minimum Gasteiger partial charge on any atom is -0.490 e. The Kier molecular flexibility index (Phi) is 5.81. The summed E-state index contributed by atoms with van der Waals surface area (Å²) in [5, 5.41) is 3.05. The number of carbonyl (C=O) groups is 1. The summed E-state index contributed by atoms with van der Waals surface area (Å²) in [4.78, 5) is 14.8. The number of hydrogen-bond donors (Lipinski definition) is 1. The van der Waals surface area contributed by atoms with E-state index in [1.165, 1.54) is 11.1 Å². The maximum absolute atomic E-state index is 12.5. The van der Waals surface area contributed by atoms with Gasteiger partial charge in [0, 0.05) is 19.0 Å². The molecule has 1 atom stereocenters. The van der Waals surface area contributed by atoms with E-state index in [0.29, 0.717) is 26.3 Å². The van der Waals surface area contributed by atoms with Crippen molar-refractivity contribution in [2.75, 3.05) is 26.3 Å². The fourth-order valence-corrected chi connectivity index (χ4v) is 3.93. The molecule has 0 unspecified atom stereocenters. The molecule has 2 aliphatic rings. The topological polar surface area (TPSA) is 50.8 Å². The van der Waals surface area contributed by atoms with E-state index in [4.69, 9.17) is 9.47 Å². The monoisotopic (exact) mass is 380 g/mol. The minimum absolute atomic E-state index is 0.0711. The first-order valence-corrected chi connectivity index (χ1v) is 10.1. The van der Waals surface area contributed by atoms with Gasteiger partial charge in [-0.1, -0.05) is 35.9 Å². The van der Waals surface area contributed by atoms with Crippen LogP contribution in [0.2, 0.25) is 0 Å². The second kappa shape index (κ2) is 8.65. The number of benzene rings is 2. The van der Waals surface area contributed by atoms with E-state index in [9.17, 15) is 4.79 Å². The average molecular weight is 380 g/mol. The molecule has 0 spiro atoms. The molecule has 2 heterocycles. The van der Waals surface area contributed by atoms with Gasteiger partial charge in [0.15, 0.2) is 11.5 Å². The fourth-order valence-electron chi connectivity index (χ4n) is 3.93. The summed E-state index contributed by atoms with van der Waals surface area (Å²) in [6, 6.07) is 14.7. The molecule has 5 heteroatoms. The Morgan fingerprint density at radius 2 is 1.86 bits per heavy atom. The summed E-state index contributed by atoms with van der Waals surface area (Å²) in [5.41, 5.74) is 3.55. The van der Waals surface area contributed by atoms with Crippen molar-refractivity contribution >= 4 is 5.91 Å². The fraction of sp³-hybridized carbons (Fsp3) is 0.435. The molecular formula is C23H28N2O3. The van der Waals surface area contributed by atoms with E-state index in [1.807, 2.05) is 6.07 Å². The molecule has 0 aromatic heterocycles. The Morgan fingerprint density at radius 3 is 2.68 bits per heavy atom. The van der Waals surface area contributed by atoms with Crippen LogP contribution in [0, 0.1) is 6.92 Å². The van der Waals surface area contributed by atoms with Gasteiger partial charge in [0.2, 0.25) is 5.91 Å². The van der Waals surface area contributed by atoms with Crippen molar-refractivity contribution in [2.45, 2.75) is 38.8 Å². The van der Waals surface area contributed by atoms with Crippen molar-refractivity contribution in [3.63, 3.8) is 0 Å². The number of aryl methyl sites for hydroxylation is 1. The second-order valence-electron chi connectivity index (χ2n) is 7.65. The summed E-state index contributed by atoms with van der Waals surface area (Å²) >= 11 is 0. The van der Waals surface area contributed by atoms with Crippen LogP contribution in [0.25, 0.3) is 0 Å². The predicted molar refractivity (Wildman–Crippen MR) is 109 cm³/mol. The number of ether oxygens (including phenoxy) is 2. The van der Waals surface area contributed by atoms with Gasteiger partial charge >= 0.3 is 0 Å². The number of amides is 1. The Morgan fingerprint density at radius 1 is 1.07 bits per heavy atom. The van der Waals surface area contributed by atoms with E-state index in [1.54, 1.807) is 0 Å². The van der Waals surface area contributed by atoms with E-state index in [2.05, 4.69) is 53.5 Å². The molecule has 148 valence electrons. The zero-order chi connectivity index (χ0) is 19.3. The van der Waals surface area contributed by atoms with Crippen LogP contribution in [-0.4, -0.2) is 37.1 Å². The lowest BCUT2D eigenvalue weighted by Crippen LogP contribution is -2.36. The summed E-state index contributed by atoms with van der Waals surface area (Å²) in [6.07, 6.45) is 3.07. The van der Waals surface area contributed by atoms with Gasteiger partial charge in [-0.15, -0.1) is 0 Å². The third-order valence-electron chi connectivity index (χ3n) is 5.48. The highest BCUT2D eigenvalue weighted by atomic mass is 16.5. The standard InChI is InChI=1S/C23H28N2O3/c1-17-5-7-18(8-6-17)15-24-23(26)16-25-11-2-4-20(25)19-9-10-21-22(14-19)28-13-3-12-27-21/h5-10,14,20H,2-4,11-13,15-16H2,1H3,(H,24,26)/t20-/m1/s1. The van der Waals surface area contributed by atoms with Gasteiger partial charge in [0.05, 0.1) is 19.8 Å². The van der Waals surface area contributed by atoms with Gasteiger partial charge in [-0.25, -0.2) is 0 Å². The van der Waals surface area contributed by atoms with E-state index in [-0.39, 0.29) is 11.9 Å². The first-order chi connectivity index (χ1) is 13.7. The van der Waals surface area contributed by atoms with Gasteiger partial charge in [-0.2, -0.15) is 0 Å². The molecule has 0 bridgehead atoms. The number of hydrogen-bond acceptors (Lipinski definition) is 4. The van der Waals surface area contributed by atoms with Gasteiger partial charge < -0.3 is 14.8 Å². The van der Waals surface area contributed by atoms with Crippen molar-refractivity contribution in [2.24, 2.45) is 0 Å². The Bertz CT molecular complexity index is 819. The van der Waals surface area contributed by atoms with Crippen LogP contribution in [0.3, 0.4) is 0 Å². The molecule has 1 N–H and O–H groups in total. The molecule has 2 aromatic rings.